The number of nitrogens with zero attached hydrogens (tertiary/aromatic N) is 2. The van der Waals surface area contributed by atoms with Gasteiger partial charge in [0.25, 0.3) is 0 Å². The molecule has 148 valence electrons. The maximum Gasteiger partial charge on any atom is 0.166 e. The van der Waals surface area contributed by atoms with Gasteiger partial charge in [0.05, 0.1) is 11.4 Å². The van der Waals surface area contributed by atoms with E-state index in [0.717, 1.165) is 25.1 Å². The van der Waals surface area contributed by atoms with Crippen molar-refractivity contribution in [3.05, 3.63) is 57.9 Å². The van der Waals surface area contributed by atoms with E-state index in [1.54, 1.807) is 18.2 Å². The molecule has 2 aromatic carbocycles. The molecule has 2 aliphatic heterocycles. The number of piperidine rings is 1. The Morgan fingerprint density at radius 3 is 2.93 bits per heavy atom. The van der Waals surface area contributed by atoms with Crippen LogP contribution < -0.4 is 16.8 Å². The molecule has 1 saturated carbocycles. The van der Waals surface area contributed by atoms with Gasteiger partial charge in [-0.25, -0.2) is 9.38 Å². The molecule has 5 N–H and O–H groups in total. The minimum atomic E-state index is -1.43. The number of hydrogen-bond donors (Lipinski definition) is 3. The third-order valence-electron chi connectivity index (χ3n) is 6.21. The topological polar surface area (TPSA) is 79.7 Å². The van der Waals surface area contributed by atoms with Crippen molar-refractivity contribution in [2.75, 3.05) is 31.2 Å². The summed E-state index contributed by atoms with van der Waals surface area (Å²) in [6.07, 6.45) is 2.62. The molecule has 29 heavy (non-hydrogen) atoms. The predicted octanol–water partition coefficient (Wildman–Crippen LogP) is 2.98. The Morgan fingerprint density at radius 2 is 2.17 bits per heavy atom. The van der Waals surface area contributed by atoms with Gasteiger partial charge in [0.1, 0.15) is 5.82 Å². The fourth-order valence-corrected chi connectivity index (χ4v) is 4.74. The summed E-state index contributed by atoms with van der Waals surface area (Å²) in [5, 5.41) is 3.08. The first-order chi connectivity index (χ1) is 13.8. The number of nitrogens with one attached hydrogen (secondary N) is 1. The lowest BCUT2D eigenvalue weighted by Gasteiger charge is -2.32. The first-order valence-corrected chi connectivity index (χ1v) is 9.89. The normalized spacial score (nSPS) is 29.4. The minimum absolute atomic E-state index is 0.00200. The van der Waals surface area contributed by atoms with Gasteiger partial charge < -0.3 is 16.0 Å². The van der Waals surface area contributed by atoms with E-state index in [1.165, 1.54) is 12.4 Å². The van der Waals surface area contributed by atoms with Crippen LogP contribution in [0.1, 0.15) is 23.1 Å². The summed E-state index contributed by atoms with van der Waals surface area (Å²) in [5.74, 6) is 6.80. The zero-order valence-electron chi connectivity index (χ0n) is 16.0. The molecule has 0 spiro atoms. The summed E-state index contributed by atoms with van der Waals surface area (Å²) < 4.78 is 14.7. The van der Waals surface area contributed by atoms with Crippen LogP contribution in [0.25, 0.3) is 0 Å². The second-order valence-corrected chi connectivity index (χ2v) is 8.67. The Bertz CT molecular complexity index is 1120. The Kier molecular flexibility index (Phi) is 3.94. The van der Waals surface area contributed by atoms with Gasteiger partial charge in [0.15, 0.2) is 5.66 Å². The fraction of sp³-hybridized carbons (Fsp3) is 0.318. The Balaban J connectivity index is 1.56. The van der Waals surface area contributed by atoms with Crippen molar-refractivity contribution >= 4 is 29.3 Å². The number of nitrogens with two attached hydrogens (primary N) is 2. The van der Waals surface area contributed by atoms with Crippen LogP contribution in [0.15, 0.2) is 35.3 Å². The Labute approximate surface area is 173 Å². The molecule has 1 aliphatic carbocycles. The molecule has 3 unspecified atom stereocenters. The first-order valence-electron chi connectivity index (χ1n) is 9.52. The molecule has 5 nitrogen and oxygen atoms in total. The quantitative estimate of drug-likeness (QED) is 0.499. The average Bonchev–Trinajstić information content (AvgIpc) is 3.24. The van der Waals surface area contributed by atoms with E-state index in [4.69, 9.17) is 23.1 Å². The van der Waals surface area contributed by atoms with Crippen LogP contribution in [0.5, 0.6) is 0 Å². The van der Waals surface area contributed by atoms with E-state index < -0.39 is 11.5 Å². The number of likely N-dealkylation sites (tertiary alicyclic amines) is 1. The van der Waals surface area contributed by atoms with Crippen LogP contribution >= 0.6 is 11.6 Å². The third kappa shape index (κ3) is 2.81. The summed E-state index contributed by atoms with van der Waals surface area (Å²) in [7, 11) is 2.13. The van der Waals surface area contributed by atoms with Crippen LogP contribution in [-0.2, 0) is 5.66 Å². The number of fused-ring (bicyclic) bond motifs is 2. The number of anilines is 2. The standard InChI is InChI=1S/C22H21ClFN5/c1-29-10-14-9-21(14,11-29)6-5-13-7-19-16(8-18(13)25)22(26,28-12-27-19)15-3-2-4-17(23)20(15)24/h2-4,7-8,12,14H,9-11,25-26H2,1H3,(H,27,28). The molecule has 5 rings (SSSR count). The molecule has 3 atom stereocenters. The lowest BCUT2D eigenvalue weighted by Crippen LogP contribution is -2.40. The van der Waals surface area contributed by atoms with Gasteiger partial charge in [-0.05, 0) is 37.6 Å². The molecule has 0 bridgehead atoms. The molecular weight excluding hydrogens is 389 g/mol. The largest absolute Gasteiger partial charge is 0.398 e. The molecule has 2 heterocycles. The molecule has 0 aromatic heterocycles. The summed E-state index contributed by atoms with van der Waals surface area (Å²) in [6, 6.07) is 8.30. The summed E-state index contributed by atoms with van der Waals surface area (Å²) in [4.78, 5) is 6.65. The van der Waals surface area contributed by atoms with E-state index >= 15 is 0 Å². The molecule has 7 heteroatoms. The smallest absolute Gasteiger partial charge is 0.166 e. The van der Waals surface area contributed by atoms with Gasteiger partial charge in [-0.1, -0.05) is 35.6 Å². The minimum Gasteiger partial charge on any atom is -0.398 e. The monoisotopic (exact) mass is 409 g/mol. The van der Waals surface area contributed by atoms with Crippen molar-refractivity contribution in [1.82, 2.24) is 4.90 Å². The lowest BCUT2D eigenvalue weighted by atomic mass is 9.88. The Morgan fingerprint density at radius 1 is 1.34 bits per heavy atom. The highest BCUT2D eigenvalue weighted by atomic mass is 35.5. The van der Waals surface area contributed by atoms with Crippen molar-refractivity contribution in [1.29, 1.82) is 0 Å². The van der Waals surface area contributed by atoms with Crippen LogP contribution in [0.2, 0.25) is 5.02 Å². The molecular formula is C22H21ClFN5. The highest BCUT2D eigenvalue weighted by Crippen LogP contribution is 2.57. The average molecular weight is 410 g/mol. The van der Waals surface area contributed by atoms with Gasteiger partial charge in [0, 0.05) is 46.6 Å². The highest BCUT2D eigenvalue weighted by molar-refractivity contribution is 6.30. The third-order valence-corrected chi connectivity index (χ3v) is 6.50. The summed E-state index contributed by atoms with van der Waals surface area (Å²) in [6.45, 7) is 2.10. The second kappa shape index (κ2) is 6.20. The van der Waals surface area contributed by atoms with Gasteiger partial charge in [-0.3, -0.25) is 5.73 Å². The van der Waals surface area contributed by atoms with Gasteiger partial charge in [-0.15, -0.1) is 0 Å². The number of hydrogen-bond acceptors (Lipinski definition) is 5. The number of benzene rings is 2. The van der Waals surface area contributed by atoms with Crippen molar-refractivity contribution in [2.24, 2.45) is 22.1 Å². The van der Waals surface area contributed by atoms with Crippen molar-refractivity contribution in [3.8, 4) is 11.8 Å². The highest BCUT2D eigenvalue weighted by Gasteiger charge is 2.58. The molecule has 0 radical (unpaired) electrons. The van der Waals surface area contributed by atoms with E-state index in [0.29, 0.717) is 22.9 Å². The second-order valence-electron chi connectivity index (χ2n) is 8.26. The van der Waals surface area contributed by atoms with Crippen LogP contribution in [0.4, 0.5) is 15.8 Å². The van der Waals surface area contributed by atoms with Crippen molar-refractivity contribution in [2.45, 2.75) is 12.1 Å². The number of halogens is 2. The number of nitrogen functional groups attached to an aromatic ring is 1. The summed E-state index contributed by atoms with van der Waals surface area (Å²) >= 11 is 5.96. The number of rotatable bonds is 1. The van der Waals surface area contributed by atoms with Crippen LogP contribution in [0, 0.1) is 29.0 Å². The van der Waals surface area contributed by atoms with E-state index in [1.807, 2.05) is 6.07 Å². The Hall–Kier alpha value is -2.59. The predicted molar refractivity (Wildman–Crippen MR) is 114 cm³/mol. The zero-order valence-corrected chi connectivity index (χ0v) is 16.7. The maximum atomic E-state index is 14.7. The molecule has 2 aromatic rings. The molecule has 3 aliphatic rings. The molecule has 0 amide bonds. The molecule has 2 fully saturated rings. The van der Waals surface area contributed by atoms with E-state index in [2.05, 4.69) is 34.1 Å². The summed E-state index contributed by atoms with van der Waals surface area (Å²) in [5.41, 5.74) is 14.2. The van der Waals surface area contributed by atoms with Crippen molar-refractivity contribution in [3.63, 3.8) is 0 Å². The van der Waals surface area contributed by atoms with Crippen molar-refractivity contribution < 1.29 is 4.39 Å². The van der Waals surface area contributed by atoms with E-state index in [9.17, 15) is 4.39 Å². The van der Waals surface area contributed by atoms with Gasteiger partial charge in [0.2, 0.25) is 0 Å². The van der Waals surface area contributed by atoms with Crippen LogP contribution in [-0.4, -0.2) is 31.4 Å². The SMILES string of the molecule is CN1CC2CC2(C#Cc2cc3c(cc2N)C(N)(c2cccc(Cl)c2F)N=CN3)C1. The lowest BCUT2D eigenvalue weighted by molar-refractivity contribution is 0.360. The van der Waals surface area contributed by atoms with Crippen LogP contribution in [0.3, 0.4) is 0 Å². The molecule has 1 saturated heterocycles. The van der Waals surface area contributed by atoms with Gasteiger partial charge >= 0.3 is 0 Å². The number of aliphatic imine (C=N–C) groups is 1. The zero-order chi connectivity index (χ0) is 20.4. The first kappa shape index (κ1) is 18.4. The fourth-order valence-electron chi connectivity index (χ4n) is 4.57. The van der Waals surface area contributed by atoms with Gasteiger partial charge in [-0.2, -0.15) is 0 Å². The van der Waals surface area contributed by atoms with E-state index in [-0.39, 0.29) is 16.0 Å². The maximum absolute atomic E-state index is 14.7.